The van der Waals surface area contributed by atoms with Gasteiger partial charge in [0.2, 0.25) is 5.91 Å². The zero-order valence-corrected chi connectivity index (χ0v) is 12.4. The van der Waals surface area contributed by atoms with E-state index in [-0.39, 0.29) is 5.91 Å². The summed E-state index contributed by atoms with van der Waals surface area (Å²) in [7, 11) is 1.85. The molecular formula is C14H23N5O. The highest BCUT2D eigenvalue weighted by molar-refractivity contribution is 5.82. The molecule has 0 aliphatic carbocycles. The van der Waals surface area contributed by atoms with Crippen LogP contribution in [0.15, 0.2) is 6.07 Å². The Kier molecular flexibility index (Phi) is 4.11. The van der Waals surface area contributed by atoms with Crippen LogP contribution in [0.25, 0.3) is 0 Å². The van der Waals surface area contributed by atoms with E-state index in [1.165, 1.54) is 0 Å². The number of nitrogens with two attached hydrogens (primary N) is 1. The summed E-state index contributed by atoms with van der Waals surface area (Å²) in [6.07, 6.45) is 2.62. The van der Waals surface area contributed by atoms with E-state index in [1.54, 1.807) is 0 Å². The van der Waals surface area contributed by atoms with Crippen LogP contribution in [0.3, 0.4) is 0 Å². The Balaban J connectivity index is 2.25. The SMILES string of the molecule is CCCc1nc(NC)cc(N2CCC(C)(C(N)=O)C2)n1. The van der Waals surface area contributed by atoms with Gasteiger partial charge < -0.3 is 16.0 Å². The number of primary amides is 1. The maximum atomic E-state index is 11.5. The molecule has 1 aromatic heterocycles. The van der Waals surface area contributed by atoms with Gasteiger partial charge >= 0.3 is 0 Å². The van der Waals surface area contributed by atoms with E-state index in [2.05, 4.69) is 27.1 Å². The molecular weight excluding hydrogens is 254 g/mol. The molecule has 2 rings (SSSR count). The fraction of sp³-hybridized carbons (Fsp3) is 0.643. The maximum absolute atomic E-state index is 11.5. The normalized spacial score (nSPS) is 22.1. The van der Waals surface area contributed by atoms with Gasteiger partial charge in [-0.05, 0) is 19.8 Å². The molecule has 6 heteroatoms. The minimum atomic E-state index is -0.463. The quantitative estimate of drug-likeness (QED) is 0.844. The zero-order valence-electron chi connectivity index (χ0n) is 12.4. The fourth-order valence-corrected chi connectivity index (χ4v) is 2.47. The molecule has 1 fully saturated rings. The van der Waals surface area contributed by atoms with E-state index in [9.17, 15) is 4.79 Å². The third-order valence-corrected chi connectivity index (χ3v) is 3.88. The smallest absolute Gasteiger partial charge is 0.225 e. The number of aromatic nitrogens is 2. The number of amides is 1. The van der Waals surface area contributed by atoms with Crippen molar-refractivity contribution in [2.75, 3.05) is 30.4 Å². The van der Waals surface area contributed by atoms with Crippen molar-refractivity contribution < 1.29 is 4.79 Å². The van der Waals surface area contributed by atoms with E-state index >= 15 is 0 Å². The standard InChI is InChI=1S/C14H23N5O/c1-4-5-10-17-11(16-3)8-12(18-10)19-7-6-14(2,9-19)13(15)20/h8H,4-7,9H2,1-3H3,(H2,15,20)(H,16,17,18). The number of hydrogen-bond acceptors (Lipinski definition) is 5. The van der Waals surface area contributed by atoms with Crippen molar-refractivity contribution in [1.82, 2.24) is 9.97 Å². The summed E-state index contributed by atoms with van der Waals surface area (Å²) in [5.74, 6) is 2.28. The molecule has 1 aliphatic heterocycles. The minimum absolute atomic E-state index is 0.239. The van der Waals surface area contributed by atoms with E-state index < -0.39 is 5.41 Å². The molecule has 20 heavy (non-hydrogen) atoms. The van der Waals surface area contributed by atoms with Crippen molar-refractivity contribution in [3.63, 3.8) is 0 Å². The highest BCUT2D eigenvalue weighted by Crippen LogP contribution is 2.32. The fourth-order valence-electron chi connectivity index (χ4n) is 2.47. The van der Waals surface area contributed by atoms with Crippen molar-refractivity contribution in [2.45, 2.75) is 33.1 Å². The first-order valence-electron chi connectivity index (χ1n) is 7.09. The van der Waals surface area contributed by atoms with Crippen molar-refractivity contribution in [1.29, 1.82) is 0 Å². The van der Waals surface area contributed by atoms with Crippen LogP contribution in [0.2, 0.25) is 0 Å². The van der Waals surface area contributed by atoms with Crippen molar-refractivity contribution >= 4 is 17.5 Å². The van der Waals surface area contributed by atoms with Gasteiger partial charge in [0.25, 0.3) is 0 Å². The van der Waals surface area contributed by atoms with E-state index in [4.69, 9.17) is 5.73 Å². The van der Waals surface area contributed by atoms with Gasteiger partial charge in [0.1, 0.15) is 17.5 Å². The van der Waals surface area contributed by atoms with Gasteiger partial charge in [-0.3, -0.25) is 4.79 Å². The molecule has 2 heterocycles. The first kappa shape index (κ1) is 14.6. The highest BCUT2D eigenvalue weighted by atomic mass is 16.1. The maximum Gasteiger partial charge on any atom is 0.225 e. The van der Waals surface area contributed by atoms with Gasteiger partial charge in [-0.25, -0.2) is 9.97 Å². The Morgan fingerprint density at radius 3 is 2.85 bits per heavy atom. The molecule has 0 spiro atoms. The number of carbonyl (C=O) groups excluding carboxylic acids is 1. The Labute approximate surface area is 119 Å². The number of anilines is 2. The number of carbonyl (C=O) groups is 1. The van der Waals surface area contributed by atoms with Crippen LogP contribution < -0.4 is 16.0 Å². The first-order valence-corrected chi connectivity index (χ1v) is 7.09. The number of nitrogens with zero attached hydrogens (tertiary/aromatic N) is 3. The molecule has 1 aliphatic rings. The Bertz CT molecular complexity index is 504. The molecule has 3 N–H and O–H groups in total. The summed E-state index contributed by atoms with van der Waals surface area (Å²) >= 11 is 0. The van der Waals surface area contributed by atoms with Gasteiger partial charge in [-0.15, -0.1) is 0 Å². The van der Waals surface area contributed by atoms with Crippen LogP contribution in [0.5, 0.6) is 0 Å². The van der Waals surface area contributed by atoms with Gasteiger partial charge in [0.05, 0.1) is 5.41 Å². The Morgan fingerprint density at radius 2 is 2.30 bits per heavy atom. The number of nitrogens with one attached hydrogen (secondary N) is 1. The lowest BCUT2D eigenvalue weighted by Crippen LogP contribution is -2.37. The summed E-state index contributed by atoms with van der Waals surface area (Å²) in [5, 5.41) is 3.06. The van der Waals surface area contributed by atoms with E-state index in [0.29, 0.717) is 6.54 Å². The van der Waals surface area contributed by atoms with Gasteiger partial charge in [0.15, 0.2) is 0 Å². The molecule has 0 radical (unpaired) electrons. The summed E-state index contributed by atoms with van der Waals surface area (Å²) in [4.78, 5) is 22.7. The van der Waals surface area contributed by atoms with Gasteiger partial charge in [-0.2, -0.15) is 0 Å². The van der Waals surface area contributed by atoms with Crippen LogP contribution in [-0.2, 0) is 11.2 Å². The number of aryl methyl sites for hydroxylation is 1. The van der Waals surface area contributed by atoms with Crippen molar-refractivity contribution in [2.24, 2.45) is 11.1 Å². The topological polar surface area (TPSA) is 84.1 Å². The lowest BCUT2D eigenvalue weighted by Gasteiger charge is -2.22. The van der Waals surface area contributed by atoms with Crippen LogP contribution >= 0.6 is 0 Å². The summed E-state index contributed by atoms with van der Waals surface area (Å²) in [5.41, 5.74) is 5.03. The second-order valence-corrected chi connectivity index (χ2v) is 5.62. The molecule has 1 unspecified atom stereocenters. The molecule has 0 saturated carbocycles. The zero-order chi connectivity index (χ0) is 14.8. The van der Waals surface area contributed by atoms with Gasteiger partial charge in [-0.1, -0.05) is 6.92 Å². The van der Waals surface area contributed by atoms with Crippen LogP contribution in [0.4, 0.5) is 11.6 Å². The molecule has 1 amide bonds. The van der Waals surface area contributed by atoms with E-state index in [0.717, 1.165) is 43.3 Å². The van der Waals surface area contributed by atoms with Crippen LogP contribution in [0, 0.1) is 5.41 Å². The average Bonchev–Trinajstić information content (AvgIpc) is 2.83. The van der Waals surface area contributed by atoms with Crippen LogP contribution in [0.1, 0.15) is 32.5 Å². The predicted octanol–water partition coefficient (Wildman–Crippen LogP) is 1.17. The second kappa shape index (κ2) is 5.64. The van der Waals surface area contributed by atoms with Gasteiger partial charge in [0, 0.05) is 32.6 Å². The minimum Gasteiger partial charge on any atom is -0.373 e. The molecule has 1 saturated heterocycles. The monoisotopic (exact) mass is 277 g/mol. The summed E-state index contributed by atoms with van der Waals surface area (Å²) in [6, 6.07) is 1.92. The first-order chi connectivity index (χ1) is 9.48. The van der Waals surface area contributed by atoms with Crippen molar-refractivity contribution in [3.8, 4) is 0 Å². The lowest BCUT2D eigenvalue weighted by atomic mass is 9.89. The van der Waals surface area contributed by atoms with E-state index in [1.807, 2.05) is 20.0 Å². The lowest BCUT2D eigenvalue weighted by molar-refractivity contribution is -0.125. The molecule has 110 valence electrons. The highest BCUT2D eigenvalue weighted by Gasteiger charge is 2.39. The summed E-state index contributed by atoms with van der Waals surface area (Å²) < 4.78 is 0. The molecule has 1 atom stereocenters. The molecule has 0 bridgehead atoms. The number of hydrogen-bond donors (Lipinski definition) is 2. The second-order valence-electron chi connectivity index (χ2n) is 5.62. The third-order valence-electron chi connectivity index (χ3n) is 3.88. The predicted molar refractivity (Wildman–Crippen MR) is 79.7 cm³/mol. The van der Waals surface area contributed by atoms with Crippen molar-refractivity contribution in [3.05, 3.63) is 11.9 Å². The Hall–Kier alpha value is -1.85. The number of rotatable bonds is 5. The average molecular weight is 277 g/mol. The Morgan fingerprint density at radius 1 is 1.55 bits per heavy atom. The molecule has 1 aromatic rings. The van der Waals surface area contributed by atoms with Crippen LogP contribution in [-0.4, -0.2) is 36.0 Å². The third kappa shape index (κ3) is 2.84. The summed E-state index contributed by atoms with van der Waals surface area (Å²) in [6.45, 7) is 5.44. The largest absolute Gasteiger partial charge is 0.373 e. The molecule has 6 nitrogen and oxygen atoms in total. The molecule has 0 aromatic carbocycles.